The van der Waals surface area contributed by atoms with E-state index in [1.165, 1.54) is 11.1 Å². The van der Waals surface area contributed by atoms with Crippen molar-refractivity contribution >= 4 is 60.9 Å². The molecule has 11 rings (SSSR count). The van der Waals surface area contributed by atoms with Crippen LogP contribution in [0.3, 0.4) is 0 Å². The van der Waals surface area contributed by atoms with Crippen LogP contribution in [0.2, 0.25) is 0 Å². The minimum Gasteiger partial charge on any atom is -0.456 e. The van der Waals surface area contributed by atoms with Gasteiger partial charge in [-0.05, 0) is 71.8 Å². The van der Waals surface area contributed by atoms with Gasteiger partial charge in [0.2, 0.25) is 0 Å². The molecule has 0 unspecified atom stereocenters. The second-order valence-electron chi connectivity index (χ2n) is 14.0. The van der Waals surface area contributed by atoms with Gasteiger partial charge in [-0.25, -0.2) is 15.0 Å². The van der Waals surface area contributed by atoms with Crippen molar-refractivity contribution in [1.29, 1.82) is 0 Å². The van der Waals surface area contributed by atoms with E-state index in [0.717, 1.165) is 77.6 Å². The van der Waals surface area contributed by atoms with Crippen LogP contribution in [0, 0.1) is 0 Å². The molecular weight excluding hydrogens is 701 g/mol. The van der Waals surface area contributed by atoms with Crippen molar-refractivity contribution in [3.63, 3.8) is 0 Å². The highest BCUT2D eigenvalue weighted by Crippen LogP contribution is 2.41. The monoisotopic (exact) mass is 732 g/mol. The normalized spacial score (nSPS) is 11.5. The van der Waals surface area contributed by atoms with E-state index in [0.29, 0.717) is 17.5 Å². The highest BCUT2D eigenvalue weighted by Gasteiger charge is 2.20. The van der Waals surface area contributed by atoms with E-state index in [4.69, 9.17) is 23.8 Å². The lowest BCUT2D eigenvalue weighted by Gasteiger charge is -2.25. The van der Waals surface area contributed by atoms with Gasteiger partial charge in [0.1, 0.15) is 22.3 Å². The highest BCUT2D eigenvalue weighted by molar-refractivity contribution is 6.12. The average molecular weight is 733 g/mol. The molecule has 0 atom stereocenters. The number of hydrogen-bond donors (Lipinski definition) is 0. The lowest BCUT2D eigenvalue weighted by molar-refractivity contribution is 0.668. The predicted octanol–water partition coefficient (Wildman–Crippen LogP) is 13.8. The van der Waals surface area contributed by atoms with Crippen molar-refractivity contribution in [2.24, 2.45) is 0 Å². The van der Waals surface area contributed by atoms with Crippen molar-refractivity contribution in [3.05, 3.63) is 194 Å². The third-order valence-electron chi connectivity index (χ3n) is 10.5. The fourth-order valence-corrected chi connectivity index (χ4v) is 7.80. The number of para-hydroxylation sites is 2. The van der Waals surface area contributed by atoms with Gasteiger partial charge < -0.3 is 13.7 Å². The zero-order valence-corrected chi connectivity index (χ0v) is 30.6. The van der Waals surface area contributed by atoms with E-state index >= 15 is 0 Å². The van der Waals surface area contributed by atoms with Gasteiger partial charge in [-0.3, -0.25) is 0 Å². The largest absolute Gasteiger partial charge is 0.456 e. The van der Waals surface area contributed by atoms with Crippen LogP contribution in [0.15, 0.2) is 203 Å². The van der Waals surface area contributed by atoms with Crippen molar-refractivity contribution in [2.45, 2.75) is 0 Å². The second kappa shape index (κ2) is 13.5. The fraction of sp³-hybridized carbons (Fsp3) is 0. The summed E-state index contributed by atoms with van der Waals surface area (Å²) in [6.07, 6.45) is 0. The molecule has 3 heterocycles. The molecule has 0 radical (unpaired) electrons. The maximum absolute atomic E-state index is 6.67. The number of benzene rings is 8. The zero-order chi connectivity index (χ0) is 37.7. The lowest BCUT2D eigenvalue weighted by Crippen LogP contribution is -2.09. The molecule has 0 saturated heterocycles. The molecule has 0 fully saturated rings. The number of fused-ring (bicyclic) bond motifs is 6. The molecule has 6 heteroatoms. The van der Waals surface area contributed by atoms with E-state index in [1.807, 2.05) is 78.9 Å². The number of furan rings is 2. The summed E-state index contributed by atoms with van der Waals surface area (Å²) in [4.78, 5) is 17.4. The van der Waals surface area contributed by atoms with E-state index < -0.39 is 0 Å². The molecule has 0 saturated carbocycles. The molecular formula is C51H32N4O2. The first-order valence-corrected chi connectivity index (χ1v) is 18.9. The summed E-state index contributed by atoms with van der Waals surface area (Å²) in [7, 11) is 0. The molecule has 0 aliphatic carbocycles. The first kappa shape index (κ1) is 32.6. The Morgan fingerprint density at radius 1 is 0.316 bits per heavy atom. The highest BCUT2D eigenvalue weighted by atomic mass is 16.3. The lowest BCUT2D eigenvalue weighted by atomic mass is 10.0. The SMILES string of the molecule is c1ccc(-c2ccc(N(c3ccccc3)c3ccc4c(c3)oc3cc(-c5nc(-c6ccccc6)nc(-c6cccc7oc8ccccc8c67)n5)ccc34)cc2)cc1. The molecule has 0 amide bonds. The summed E-state index contributed by atoms with van der Waals surface area (Å²) < 4.78 is 12.9. The van der Waals surface area contributed by atoms with Crippen molar-refractivity contribution in [3.8, 4) is 45.3 Å². The van der Waals surface area contributed by atoms with Crippen molar-refractivity contribution in [1.82, 2.24) is 15.0 Å². The summed E-state index contributed by atoms with van der Waals surface area (Å²) in [5.74, 6) is 1.72. The minimum atomic E-state index is 0.556. The summed E-state index contributed by atoms with van der Waals surface area (Å²) in [5, 5.41) is 4.05. The van der Waals surface area contributed by atoms with Crippen molar-refractivity contribution < 1.29 is 8.83 Å². The second-order valence-corrected chi connectivity index (χ2v) is 14.0. The van der Waals surface area contributed by atoms with Crippen LogP contribution >= 0.6 is 0 Å². The zero-order valence-electron chi connectivity index (χ0n) is 30.6. The van der Waals surface area contributed by atoms with Gasteiger partial charge in [-0.15, -0.1) is 0 Å². The molecule has 11 aromatic rings. The maximum Gasteiger partial charge on any atom is 0.164 e. The van der Waals surface area contributed by atoms with Gasteiger partial charge >= 0.3 is 0 Å². The third-order valence-corrected chi connectivity index (χ3v) is 10.5. The van der Waals surface area contributed by atoms with Crippen LogP contribution in [-0.4, -0.2) is 15.0 Å². The molecule has 8 aromatic carbocycles. The van der Waals surface area contributed by atoms with Gasteiger partial charge in [0, 0.05) is 61.4 Å². The van der Waals surface area contributed by atoms with Crippen LogP contribution in [0.4, 0.5) is 17.1 Å². The number of hydrogen-bond acceptors (Lipinski definition) is 6. The van der Waals surface area contributed by atoms with Crippen molar-refractivity contribution in [2.75, 3.05) is 4.90 Å². The summed E-state index contributed by atoms with van der Waals surface area (Å²) in [6, 6.07) is 66.3. The van der Waals surface area contributed by atoms with Gasteiger partial charge in [0.05, 0.1) is 0 Å². The summed E-state index contributed by atoms with van der Waals surface area (Å²) in [6.45, 7) is 0. The molecule has 0 aliphatic heterocycles. The van der Waals surface area contributed by atoms with E-state index in [2.05, 4.69) is 120 Å². The smallest absolute Gasteiger partial charge is 0.164 e. The van der Waals surface area contributed by atoms with E-state index in [9.17, 15) is 0 Å². The first-order chi connectivity index (χ1) is 28.2. The van der Waals surface area contributed by atoms with Crippen LogP contribution in [-0.2, 0) is 0 Å². The van der Waals surface area contributed by atoms with E-state index in [1.54, 1.807) is 0 Å². The number of nitrogens with zero attached hydrogens (tertiary/aromatic N) is 4. The van der Waals surface area contributed by atoms with Gasteiger partial charge in [0.15, 0.2) is 17.5 Å². The van der Waals surface area contributed by atoms with Crippen LogP contribution < -0.4 is 4.90 Å². The molecule has 3 aromatic heterocycles. The Hall–Kier alpha value is -7.83. The Kier molecular flexibility index (Phi) is 7.71. The van der Waals surface area contributed by atoms with E-state index in [-0.39, 0.29) is 0 Å². The Balaban J connectivity index is 1.02. The summed E-state index contributed by atoms with van der Waals surface area (Å²) >= 11 is 0. The number of anilines is 3. The Bertz CT molecular complexity index is 3230. The van der Waals surface area contributed by atoms with Gasteiger partial charge in [-0.1, -0.05) is 127 Å². The Labute approximate surface area is 328 Å². The first-order valence-electron chi connectivity index (χ1n) is 18.9. The van der Waals surface area contributed by atoms with Crippen LogP contribution in [0.25, 0.3) is 89.2 Å². The average Bonchev–Trinajstić information content (AvgIpc) is 3.85. The fourth-order valence-electron chi connectivity index (χ4n) is 7.80. The Morgan fingerprint density at radius 3 is 1.61 bits per heavy atom. The molecule has 0 bridgehead atoms. The number of aromatic nitrogens is 3. The minimum absolute atomic E-state index is 0.556. The Morgan fingerprint density at radius 2 is 0.842 bits per heavy atom. The quantitative estimate of drug-likeness (QED) is 0.162. The van der Waals surface area contributed by atoms with Gasteiger partial charge in [0.25, 0.3) is 0 Å². The number of rotatable bonds is 7. The maximum atomic E-state index is 6.67. The summed E-state index contributed by atoms with van der Waals surface area (Å²) in [5.41, 5.74) is 11.2. The van der Waals surface area contributed by atoms with Crippen LogP contribution in [0.5, 0.6) is 0 Å². The van der Waals surface area contributed by atoms with Gasteiger partial charge in [-0.2, -0.15) is 0 Å². The molecule has 6 nitrogen and oxygen atoms in total. The standard InChI is InChI=1S/C51H32N4O2/c1-4-13-33(14-5-1)34-23-26-38(27-24-34)55(37-17-8-3-9-18-37)39-28-30-41-40-29-25-36(31-46(40)57-47(41)32-39)50-52-49(35-15-6-2-7-16-35)53-51(54-50)43-20-12-22-45-48(43)42-19-10-11-21-44(42)56-45/h1-32H. The third kappa shape index (κ3) is 5.79. The topological polar surface area (TPSA) is 68.2 Å². The molecule has 0 aliphatic rings. The predicted molar refractivity (Wildman–Crippen MR) is 231 cm³/mol. The molecule has 268 valence electrons. The van der Waals surface area contributed by atoms with Crippen LogP contribution in [0.1, 0.15) is 0 Å². The molecule has 57 heavy (non-hydrogen) atoms. The molecule has 0 N–H and O–H groups in total. The molecule has 0 spiro atoms.